The summed E-state index contributed by atoms with van der Waals surface area (Å²) < 4.78 is 69.4. The summed E-state index contributed by atoms with van der Waals surface area (Å²) in [4.78, 5) is 10.5. The van der Waals surface area contributed by atoms with Crippen LogP contribution in [0.15, 0.2) is 54.1 Å². The van der Waals surface area contributed by atoms with Crippen molar-refractivity contribution in [2.24, 2.45) is 5.14 Å². The van der Waals surface area contributed by atoms with E-state index in [2.05, 4.69) is 0 Å². The van der Waals surface area contributed by atoms with Gasteiger partial charge in [0.1, 0.15) is 16.2 Å². The monoisotopic (exact) mass is 413 g/mol. The molecular formula is C18H14F3NO5S. The molecule has 0 aliphatic carbocycles. The zero-order chi connectivity index (χ0) is 20.7. The second-order valence-corrected chi connectivity index (χ2v) is 7.58. The van der Waals surface area contributed by atoms with E-state index in [9.17, 15) is 31.5 Å². The van der Waals surface area contributed by atoms with Gasteiger partial charge in [0.15, 0.2) is 0 Å². The van der Waals surface area contributed by atoms with Crippen LogP contribution in [0.5, 0.6) is 5.75 Å². The lowest BCUT2D eigenvalue weighted by atomic mass is 9.93. The molecule has 0 aromatic heterocycles. The maximum absolute atomic E-state index is 13.4. The Bertz CT molecular complexity index is 1060. The van der Waals surface area contributed by atoms with Crippen molar-refractivity contribution in [1.82, 2.24) is 0 Å². The van der Waals surface area contributed by atoms with E-state index in [4.69, 9.17) is 9.88 Å². The van der Waals surface area contributed by atoms with E-state index in [0.29, 0.717) is 0 Å². The highest BCUT2D eigenvalue weighted by Crippen LogP contribution is 2.44. The van der Waals surface area contributed by atoms with E-state index in [-0.39, 0.29) is 17.5 Å². The molecule has 1 aliphatic rings. The molecule has 1 atom stereocenters. The molecule has 0 radical (unpaired) electrons. The van der Waals surface area contributed by atoms with Crippen LogP contribution in [0.2, 0.25) is 0 Å². The van der Waals surface area contributed by atoms with Crippen LogP contribution in [0.25, 0.3) is 4.91 Å². The Balaban J connectivity index is 2.32. The summed E-state index contributed by atoms with van der Waals surface area (Å²) in [6, 6.07) is 12.7. The van der Waals surface area contributed by atoms with E-state index in [1.54, 1.807) is 30.3 Å². The summed E-state index contributed by atoms with van der Waals surface area (Å²) >= 11 is 0. The van der Waals surface area contributed by atoms with Crippen LogP contribution >= 0.6 is 0 Å². The summed E-state index contributed by atoms with van der Waals surface area (Å²) in [5, 5.41) is 14.5. The highest BCUT2D eigenvalue weighted by molar-refractivity contribution is 7.98. The fourth-order valence-corrected chi connectivity index (χ4v) is 4.09. The van der Waals surface area contributed by atoms with Crippen LogP contribution in [0, 0.1) is 0 Å². The number of alkyl halides is 3. The van der Waals surface area contributed by atoms with Gasteiger partial charge >= 0.3 is 12.1 Å². The van der Waals surface area contributed by atoms with Crippen molar-refractivity contribution in [3.05, 3.63) is 70.8 Å². The number of nitrogens with two attached hydrogens (primary N) is 1. The number of halogens is 3. The lowest BCUT2D eigenvalue weighted by Gasteiger charge is -2.31. The lowest BCUT2D eigenvalue weighted by Crippen LogP contribution is -2.43. The molecule has 0 spiro atoms. The molecule has 1 aliphatic heterocycles. The van der Waals surface area contributed by atoms with E-state index < -0.39 is 44.5 Å². The molecule has 0 fully saturated rings. The maximum Gasteiger partial charge on any atom is 0.430 e. The van der Waals surface area contributed by atoms with Gasteiger partial charge in [0.05, 0.1) is 0 Å². The number of primary sulfonamides is 1. The summed E-state index contributed by atoms with van der Waals surface area (Å²) in [6.45, 7) is 0. The van der Waals surface area contributed by atoms with Crippen LogP contribution in [0.4, 0.5) is 13.2 Å². The highest BCUT2D eigenvalue weighted by atomic mass is 32.2. The molecule has 1 heterocycles. The summed E-state index contributed by atoms with van der Waals surface area (Å²) in [5.41, 5.74) is -0.721. The average Bonchev–Trinajstić information content (AvgIpc) is 2.59. The first kappa shape index (κ1) is 19.9. The Kier molecular flexibility index (Phi) is 4.94. The van der Waals surface area contributed by atoms with Gasteiger partial charge in [-0.25, -0.2) is 18.4 Å². The number of hydrogen-bond donors (Lipinski definition) is 2. The Morgan fingerprint density at radius 1 is 1.11 bits per heavy atom. The molecular weight excluding hydrogens is 399 g/mol. The molecule has 0 amide bonds. The summed E-state index contributed by atoms with van der Waals surface area (Å²) in [5.74, 6) is -2.48. The molecule has 2 aromatic carbocycles. The Morgan fingerprint density at radius 3 is 2.29 bits per heavy atom. The van der Waals surface area contributed by atoms with E-state index in [1.165, 1.54) is 12.1 Å². The van der Waals surface area contributed by atoms with E-state index >= 15 is 0 Å². The van der Waals surface area contributed by atoms with Gasteiger partial charge in [-0.1, -0.05) is 42.5 Å². The van der Waals surface area contributed by atoms with Crippen LogP contribution in [-0.2, 0) is 21.2 Å². The number of rotatable bonds is 4. The van der Waals surface area contributed by atoms with Crippen LogP contribution in [-0.4, -0.2) is 31.8 Å². The molecule has 0 saturated carbocycles. The van der Waals surface area contributed by atoms with Gasteiger partial charge in [0.2, 0.25) is 16.1 Å². The van der Waals surface area contributed by atoms with E-state index in [0.717, 1.165) is 11.6 Å². The predicted octanol–water partition coefficient (Wildman–Crippen LogP) is 2.68. The van der Waals surface area contributed by atoms with Crippen molar-refractivity contribution < 1.29 is 36.2 Å². The molecule has 6 nitrogen and oxygen atoms in total. The SMILES string of the molecule is NS(=O)(=O)C1=C(C(=O)O)C(C(F)(F)F)Oc2cccc(Cc3ccccc3)c21. The van der Waals surface area contributed by atoms with Crippen molar-refractivity contribution in [2.45, 2.75) is 18.7 Å². The number of carboxylic acids is 1. The molecule has 3 N–H and O–H groups in total. The largest absolute Gasteiger partial charge is 0.478 e. The topological polar surface area (TPSA) is 107 Å². The fraction of sp³-hybridized carbons (Fsp3) is 0.167. The number of fused-ring (bicyclic) bond motifs is 1. The Hall–Kier alpha value is -2.85. The lowest BCUT2D eigenvalue weighted by molar-refractivity contribution is -0.187. The third kappa shape index (κ3) is 3.73. The molecule has 0 bridgehead atoms. The first-order chi connectivity index (χ1) is 13.0. The summed E-state index contributed by atoms with van der Waals surface area (Å²) in [6.07, 6.45) is -7.98. The Morgan fingerprint density at radius 2 is 1.75 bits per heavy atom. The number of hydrogen-bond acceptors (Lipinski definition) is 4. The Labute approximate surface area is 158 Å². The molecule has 148 valence electrons. The van der Waals surface area contributed by atoms with Crippen LogP contribution in [0.1, 0.15) is 16.7 Å². The standard InChI is InChI=1S/C18H14F3NO5S/c19-18(20,21)16-14(17(23)24)15(28(22,25)26)13-11(7-4-8-12(13)27-16)9-10-5-2-1-3-6-10/h1-8,16H,9H2,(H,23,24)(H2,22,25,26). The number of carboxylic acid groups (broad SMARTS) is 1. The summed E-state index contributed by atoms with van der Waals surface area (Å²) in [7, 11) is -4.82. The highest BCUT2D eigenvalue weighted by Gasteiger charge is 2.52. The van der Waals surface area contributed by atoms with Gasteiger partial charge in [-0.3, -0.25) is 0 Å². The smallest absolute Gasteiger partial charge is 0.430 e. The predicted molar refractivity (Wildman–Crippen MR) is 93.8 cm³/mol. The zero-order valence-electron chi connectivity index (χ0n) is 14.1. The number of benzene rings is 2. The van der Waals surface area contributed by atoms with Gasteiger partial charge in [0.25, 0.3) is 0 Å². The van der Waals surface area contributed by atoms with Gasteiger partial charge in [-0.05, 0) is 23.6 Å². The quantitative estimate of drug-likeness (QED) is 0.802. The minimum Gasteiger partial charge on any atom is -0.478 e. The van der Waals surface area contributed by atoms with Gasteiger partial charge in [-0.15, -0.1) is 0 Å². The minimum atomic E-state index is -5.16. The minimum absolute atomic E-state index is 0.135. The van der Waals surface area contributed by atoms with Gasteiger partial charge in [0, 0.05) is 5.56 Å². The molecule has 28 heavy (non-hydrogen) atoms. The molecule has 10 heteroatoms. The molecule has 1 unspecified atom stereocenters. The van der Waals surface area contributed by atoms with Crippen molar-refractivity contribution >= 4 is 20.9 Å². The molecule has 2 aromatic rings. The number of sulfonamides is 1. The zero-order valence-corrected chi connectivity index (χ0v) is 14.9. The van der Waals surface area contributed by atoms with Gasteiger partial charge in [-0.2, -0.15) is 13.2 Å². The number of ether oxygens (including phenoxy) is 1. The molecule has 0 saturated heterocycles. The third-order valence-corrected chi connectivity index (χ3v) is 5.13. The molecule has 3 rings (SSSR count). The second-order valence-electron chi connectivity index (χ2n) is 6.09. The third-order valence-electron chi connectivity index (χ3n) is 4.14. The second kappa shape index (κ2) is 6.95. The normalized spacial score (nSPS) is 17.1. The number of aliphatic carboxylic acids is 1. The first-order valence-corrected chi connectivity index (χ1v) is 9.44. The van der Waals surface area contributed by atoms with E-state index in [1.807, 2.05) is 0 Å². The maximum atomic E-state index is 13.4. The van der Waals surface area contributed by atoms with Crippen molar-refractivity contribution in [3.63, 3.8) is 0 Å². The van der Waals surface area contributed by atoms with Crippen LogP contribution in [0.3, 0.4) is 0 Å². The van der Waals surface area contributed by atoms with Crippen molar-refractivity contribution in [3.8, 4) is 5.75 Å². The number of carbonyl (C=O) groups is 1. The van der Waals surface area contributed by atoms with Crippen molar-refractivity contribution in [1.29, 1.82) is 0 Å². The van der Waals surface area contributed by atoms with Gasteiger partial charge < -0.3 is 9.84 Å². The van der Waals surface area contributed by atoms with Crippen molar-refractivity contribution in [2.75, 3.05) is 0 Å². The fourth-order valence-electron chi connectivity index (χ4n) is 3.07. The van der Waals surface area contributed by atoms with Crippen LogP contribution < -0.4 is 9.88 Å². The average molecular weight is 413 g/mol. The first-order valence-electron chi connectivity index (χ1n) is 7.90.